The Morgan fingerprint density at radius 1 is 1.57 bits per heavy atom. The highest BCUT2D eigenvalue weighted by Crippen LogP contribution is 2.18. The number of carbonyl (C=O) groups excluding carboxylic acids is 1. The van der Waals surface area contributed by atoms with E-state index in [4.69, 9.17) is 4.74 Å². The summed E-state index contributed by atoms with van der Waals surface area (Å²) >= 11 is 0. The zero-order valence-corrected chi connectivity index (χ0v) is 7.77. The second-order valence-electron chi connectivity index (χ2n) is 2.93. The fourth-order valence-electron chi connectivity index (χ4n) is 1.24. The lowest BCUT2D eigenvalue weighted by atomic mass is 10.3. The van der Waals surface area contributed by atoms with Gasteiger partial charge in [0, 0.05) is 13.2 Å². The van der Waals surface area contributed by atoms with Gasteiger partial charge in [-0.1, -0.05) is 0 Å². The number of hydrogen-bond acceptors (Lipinski definition) is 3. The highest BCUT2D eigenvalue weighted by Gasteiger charge is 2.21. The standard InChI is InChI=1S/C9H10N2O2.FH/c1-11-5-6-13-7-3-2-4-10-8(7)9(11)12;/h2-4H,5-6H2,1H3;1H. The fourth-order valence-corrected chi connectivity index (χ4v) is 1.24. The van der Waals surface area contributed by atoms with E-state index in [9.17, 15) is 4.79 Å². The van der Waals surface area contributed by atoms with Crippen LogP contribution >= 0.6 is 0 Å². The van der Waals surface area contributed by atoms with E-state index in [1.54, 1.807) is 30.3 Å². The summed E-state index contributed by atoms with van der Waals surface area (Å²) in [6.07, 6.45) is 1.60. The maximum atomic E-state index is 11.6. The molecule has 0 unspecified atom stereocenters. The van der Waals surface area contributed by atoms with E-state index in [1.807, 2.05) is 0 Å². The summed E-state index contributed by atoms with van der Waals surface area (Å²) in [6, 6.07) is 3.52. The third kappa shape index (κ3) is 1.66. The average Bonchev–Trinajstić information content (AvgIpc) is 2.29. The van der Waals surface area contributed by atoms with Gasteiger partial charge in [-0.2, -0.15) is 0 Å². The molecular weight excluding hydrogens is 187 g/mol. The molecule has 76 valence electrons. The van der Waals surface area contributed by atoms with E-state index in [0.29, 0.717) is 24.6 Å². The van der Waals surface area contributed by atoms with E-state index in [2.05, 4.69) is 4.98 Å². The average molecular weight is 198 g/mol. The summed E-state index contributed by atoms with van der Waals surface area (Å²) in [4.78, 5) is 17.2. The van der Waals surface area contributed by atoms with Crippen molar-refractivity contribution in [3.8, 4) is 5.75 Å². The molecule has 1 amide bonds. The summed E-state index contributed by atoms with van der Waals surface area (Å²) in [5.74, 6) is 0.505. The van der Waals surface area contributed by atoms with Gasteiger partial charge >= 0.3 is 0 Å². The predicted molar refractivity (Wildman–Crippen MR) is 49.2 cm³/mol. The molecule has 0 bridgehead atoms. The summed E-state index contributed by atoms with van der Waals surface area (Å²) in [5.41, 5.74) is 0.405. The number of fused-ring (bicyclic) bond motifs is 1. The minimum atomic E-state index is -0.0758. The summed E-state index contributed by atoms with van der Waals surface area (Å²) in [5, 5.41) is 0. The fraction of sp³-hybridized carbons (Fsp3) is 0.333. The van der Waals surface area contributed by atoms with Gasteiger partial charge in [0.05, 0.1) is 6.54 Å². The zero-order chi connectivity index (χ0) is 9.26. The summed E-state index contributed by atoms with van der Waals surface area (Å²) in [7, 11) is 1.75. The minimum Gasteiger partial charge on any atom is -0.489 e. The molecular formula is C9H11FN2O2. The molecule has 2 heterocycles. The normalized spacial score (nSPS) is 14.9. The van der Waals surface area contributed by atoms with Crippen molar-refractivity contribution in [1.82, 2.24) is 9.88 Å². The molecule has 14 heavy (non-hydrogen) atoms. The highest BCUT2D eigenvalue weighted by molar-refractivity contribution is 5.95. The Kier molecular flexibility index (Phi) is 3.01. The SMILES string of the molecule is CN1CCOc2cccnc2C1=O.F. The Hall–Kier alpha value is -1.65. The quantitative estimate of drug-likeness (QED) is 0.616. The van der Waals surface area contributed by atoms with Gasteiger partial charge < -0.3 is 9.64 Å². The van der Waals surface area contributed by atoms with Crippen LogP contribution in [-0.2, 0) is 0 Å². The van der Waals surface area contributed by atoms with E-state index < -0.39 is 0 Å². The number of aromatic nitrogens is 1. The van der Waals surface area contributed by atoms with E-state index >= 15 is 0 Å². The highest BCUT2D eigenvalue weighted by atomic mass is 19.0. The van der Waals surface area contributed by atoms with Crippen LogP contribution in [0.2, 0.25) is 0 Å². The largest absolute Gasteiger partial charge is 0.489 e. The molecule has 0 saturated carbocycles. The first-order chi connectivity index (χ1) is 6.29. The molecule has 0 atom stereocenters. The molecule has 0 saturated heterocycles. The van der Waals surface area contributed by atoms with Gasteiger partial charge in [0.2, 0.25) is 0 Å². The number of pyridine rings is 1. The first kappa shape index (κ1) is 10.4. The molecule has 4 nitrogen and oxygen atoms in total. The minimum absolute atomic E-state index is 0. The van der Waals surface area contributed by atoms with Gasteiger partial charge in [0.25, 0.3) is 5.91 Å². The molecule has 0 N–H and O–H groups in total. The monoisotopic (exact) mass is 198 g/mol. The summed E-state index contributed by atoms with van der Waals surface area (Å²) < 4.78 is 5.36. The van der Waals surface area contributed by atoms with Gasteiger partial charge in [0.15, 0.2) is 11.4 Å². The molecule has 5 heteroatoms. The van der Waals surface area contributed by atoms with Crippen LogP contribution in [0.15, 0.2) is 18.3 Å². The third-order valence-corrected chi connectivity index (χ3v) is 2.00. The van der Waals surface area contributed by atoms with Crippen LogP contribution in [-0.4, -0.2) is 36.0 Å². The maximum Gasteiger partial charge on any atom is 0.276 e. The van der Waals surface area contributed by atoms with Crippen LogP contribution in [0.3, 0.4) is 0 Å². The second kappa shape index (κ2) is 4.04. The lowest BCUT2D eigenvalue weighted by molar-refractivity contribution is 0.0792. The number of hydrogen-bond donors (Lipinski definition) is 0. The van der Waals surface area contributed by atoms with Gasteiger partial charge in [-0.25, -0.2) is 4.98 Å². The first-order valence-electron chi connectivity index (χ1n) is 4.12. The molecule has 2 rings (SSSR count). The molecule has 0 aliphatic carbocycles. The number of ether oxygens (including phenoxy) is 1. The van der Waals surface area contributed by atoms with Crippen molar-refractivity contribution in [2.45, 2.75) is 0 Å². The number of rotatable bonds is 0. The van der Waals surface area contributed by atoms with Crippen LogP contribution in [0.1, 0.15) is 10.5 Å². The first-order valence-corrected chi connectivity index (χ1v) is 4.12. The number of amides is 1. The van der Waals surface area contributed by atoms with E-state index in [0.717, 1.165) is 0 Å². The van der Waals surface area contributed by atoms with E-state index in [-0.39, 0.29) is 10.6 Å². The molecule has 1 aromatic rings. The molecule has 1 aliphatic rings. The molecule has 1 aromatic heterocycles. The number of likely N-dealkylation sites (N-methyl/N-ethyl adjacent to an activating group) is 1. The van der Waals surface area contributed by atoms with Crippen molar-refractivity contribution in [3.05, 3.63) is 24.0 Å². The topological polar surface area (TPSA) is 42.4 Å². The van der Waals surface area contributed by atoms with Crippen LogP contribution in [0.4, 0.5) is 4.70 Å². The molecule has 0 spiro atoms. The number of carbonyl (C=O) groups is 1. The second-order valence-corrected chi connectivity index (χ2v) is 2.93. The molecule has 0 radical (unpaired) electrons. The van der Waals surface area contributed by atoms with Gasteiger partial charge in [-0.3, -0.25) is 9.50 Å². The number of halogens is 1. The lowest BCUT2D eigenvalue weighted by Gasteiger charge is -2.11. The van der Waals surface area contributed by atoms with Crippen molar-refractivity contribution in [2.24, 2.45) is 0 Å². The molecule has 0 fully saturated rings. The Bertz CT molecular complexity index is 343. The van der Waals surface area contributed by atoms with Crippen molar-refractivity contribution in [1.29, 1.82) is 0 Å². The van der Waals surface area contributed by atoms with Crippen LogP contribution in [0.25, 0.3) is 0 Å². The van der Waals surface area contributed by atoms with Crippen molar-refractivity contribution >= 4 is 5.91 Å². The Morgan fingerprint density at radius 3 is 3.14 bits per heavy atom. The van der Waals surface area contributed by atoms with Gasteiger partial charge in [-0.15, -0.1) is 0 Å². The predicted octanol–water partition coefficient (Wildman–Crippen LogP) is 0.698. The smallest absolute Gasteiger partial charge is 0.276 e. The Morgan fingerprint density at radius 2 is 2.36 bits per heavy atom. The van der Waals surface area contributed by atoms with Gasteiger partial charge in [0.1, 0.15) is 6.61 Å². The lowest BCUT2D eigenvalue weighted by Crippen LogP contribution is -2.28. The Balaban J connectivity index is 0.000000980. The van der Waals surface area contributed by atoms with Crippen molar-refractivity contribution < 1.29 is 14.2 Å². The van der Waals surface area contributed by atoms with Crippen LogP contribution in [0.5, 0.6) is 5.75 Å². The number of nitrogens with zero attached hydrogens (tertiary/aromatic N) is 2. The van der Waals surface area contributed by atoms with Crippen molar-refractivity contribution in [3.63, 3.8) is 0 Å². The van der Waals surface area contributed by atoms with Crippen molar-refractivity contribution in [2.75, 3.05) is 20.2 Å². The van der Waals surface area contributed by atoms with Crippen LogP contribution in [0, 0.1) is 0 Å². The van der Waals surface area contributed by atoms with Gasteiger partial charge in [-0.05, 0) is 12.1 Å². The third-order valence-electron chi connectivity index (χ3n) is 2.00. The molecule has 0 aromatic carbocycles. The summed E-state index contributed by atoms with van der Waals surface area (Å²) in [6.45, 7) is 1.14. The Labute approximate surface area is 80.9 Å². The zero-order valence-electron chi connectivity index (χ0n) is 7.77. The van der Waals surface area contributed by atoms with E-state index in [1.165, 1.54) is 0 Å². The molecule has 1 aliphatic heterocycles. The van der Waals surface area contributed by atoms with Crippen LogP contribution < -0.4 is 4.74 Å². The maximum absolute atomic E-state index is 11.6.